The topological polar surface area (TPSA) is 227 Å². The van der Waals surface area contributed by atoms with E-state index in [-0.39, 0.29) is 0 Å². The van der Waals surface area contributed by atoms with E-state index >= 15 is 0 Å². The van der Waals surface area contributed by atoms with Crippen molar-refractivity contribution >= 4 is 34.6 Å². The number of hydrogen-bond acceptors (Lipinski definition) is 11. The van der Waals surface area contributed by atoms with E-state index < -0.39 is 58.6 Å². The zero-order valence-electron chi connectivity index (χ0n) is 14.8. The van der Waals surface area contributed by atoms with E-state index in [1.54, 1.807) is 5.92 Å². The summed E-state index contributed by atoms with van der Waals surface area (Å²) in [7, 11) is -12.7. The van der Waals surface area contributed by atoms with Gasteiger partial charge in [0.2, 0.25) is 5.72 Å². The SMILES string of the molecule is C#C[C@@](O)([C@H](O)[C@@H](CO[PH](=S)OP(=O)(O)OP(=O)(O)O)OC)n1ccc(=O)[nH]c1=O. The number of H-pyrrole nitrogens is 1. The van der Waals surface area contributed by atoms with Gasteiger partial charge in [0.1, 0.15) is 12.2 Å². The van der Waals surface area contributed by atoms with Crippen LogP contribution in [0.15, 0.2) is 21.9 Å². The van der Waals surface area contributed by atoms with Crippen molar-refractivity contribution in [3.8, 4) is 12.3 Å². The molecule has 170 valence electrons. The van der Waals surface area contributed by atoms with Crippen LogP contribution < -0.4 is 11.2 Å². The van der Waals surface area contributed by atoms with Crippen LogP contribution in [-0.2, 0) is 44.5 Å². The molecule has 0 bridgehead atoms. The molecule has 19 heteroatoms. The lowest BCUT2D eigenvalue weighted by Crippen LogP contribution is -2.55. The zero-order chi connectivity index (χ0) is 23.3. The van der Waals surface area contributed by atoms with Gasteiger partial charge >= 0.3 is 21.3 Å². The molecule has 0 spiro atoms. The highest BCUT2D eigenvalue weighted by Crippen LogP contribution is 2.61. The molecular formula is C11H17N2O13P3S. The molecule has 0 amide bonds. The van der Waals surface area contributed by atoms with Gasteiger partial charge < -0.3 is 34.2 Å². The fourth-order valence-corrected chi connectivity index (χ4v) is 5.78. The third kappa shape index (κ3) is 7.60. The second kappa shape index (κ2) is 10.5. The van der Waals surface area contributed by atoms with Gasteiger partial charge in [0.05, 0.1) is 6.61 Å². The number of rotatable bonds is 11. The van der Waals surface area contributed by atoms with Crippen molar-refractivity contribution < 1.29 is 51.9 Å². The second-order valence-electron chi connectivity index (χ2n) is 5.26. The molecule has 0 aromatic carbocycles. The highest BCUT2D eigenvalue weighted by molar-refractivity contribution is 8.02. The molecule has 5 atom stereocenters. The predicted octanol–water partition coefficient (Wildman–Crippen LogP) is -2.06. The van der Waals surface area contributed by atoms with Crippen LogP contribution in [0.1, 0.15) is 0 Å². The summed E-state index contributed by atoms with van der Waals surface area (Å²) in [5.41, 5.74) is -4.67. The minimum Gasteiger partial charge on any atom is -0.384 e. The van der Waals surface area contributed by atoms with Crippen molar-refractivity contribution in [3.05, 3.63) is 33.1 Å². The number of aliphatic hydroxyl groups is 2. The number of nitrogens with one attached hydrogen (secondary N) is 1. The van der Waals surface area contributed by atoms with Gasteiger partial charge in [0.15, 0.2) is 7.15 Å². The summed E-state index contributed by atoms with van der Waals surface area (Å²) >= 11 is 4.64. The van der Waals surface area contributed by atoms with Gasteiger partial charge in [-0.3, -0.25) is 14.3 Å². The van der Waals surface area contributed by atoms with Crippen molar-refractivity contribution in [1.29, 1.82) is 0 Å². The summed E-state index contributed by atoms with van der Waals surface area (Å²) in [6, 6.07) is 0.854. The third-order valence-corrected chi connectivity index (χ3v) is 7.86. The van der Waals surface area contributed by atoms with Crippen LogP contribution in [0.4, 0.5) is 0 Å². The maximum atomic E-state index is 11.9. The first-order chi connectivity index (χ1) is 13.6. The number of ether oxygens (including phenoxy) is 1. The van der Waals surface area contributed by atoms with Crippen molar-refractivity contribution in [3.63, 3.8) is 0 Å². The molecule has 1 aromatic heterocycles. The van der Waals surface area contributed by atoms with Gasteiger partial charge in [0.25, 0.3) is 5.56 Å². The first-order valence-corrected chi connectivity index (χ1v) is 12.8. The molecule has 0 aliphatic carbocycles. The lowest BCUT2D eigenvalue weighted by atomic mass is 10.0. The van der Waals surface area contributed by atoms with E-state index in [9.17, 15) is 33.8 Å². The molecule has 15 nitrogen and oxygen atoms in total. The molecule has 1 heterocycles. The molecule has 0 radical (unpaired) electrons. The monoisotopic (exact) mass is 510 g/mol. The summed E-state index contributed by atoms with van der Waals surface area (Å²) in [5, 5.41) is 21.0. The van der Waals surface area contributed by atoms with Gasteiger partial charge in [-0.05, 0) is 17.7 Å². The first-order valence-electron chi connectivity index (χ1n) is 7.34. The number of nitrogens with zero attached hydrogens (tertiary/aromatic N) is 1. The van der Waals surface area contributed by atoms with Gasteiger partial charge in [-0.1, -0.05) is 0 Å². The van der Waals surface area contributed by atoms with E-state index in [0.29, 0.717) is 4.57 Å². The summed E-state index contributed by atoms with van der Waals surface area (Å²) in [4.78, 5) is 51.1. The van der Waals surface area contributed by atoms with Crippen LogP contribution in [0, 0.1) is 12.3 Å². The van der Waals surface area contributed by atoms with Crippen molar-refractivity contribution in [2.75, 3.05) is 13.7 Å². The number of hydrogen-bond donors (Lipinski definition) is 6. The largest absolute Gasteiger partial charge is 0.486 e. The van der Waals surface area contributed by atoms with Crippen molar-refractivity contribution in [2.24, 2.45) is 0 Å². The Morgan fingerprint density at radius 2 is 2.00 bits per heavy atom. The minimum atomic E-state index is -5.37. The number of phosphoric acid groups is 2. The predicted molar refractivity (Wildman–Crippen MR) is 103 cm³/mol. The number of terminal acetylenes is 1. The molecule has 0 aliphatic heterocycles. The van der Waals surface area contributed by atoms with Gasteiger partial charge in [-0.15, -0.1) is 6.42 Å². The molecule has 0 saturated heterocycles. The molecule has 2 unspecified atom stereocenters. The van der Waals surface area contributed by atoms with Gasteiger partial charge in [0, 0.05) is 19.4 Å². The summed E-state index contributed by atoms with van der Waals surface area (Å²) < 4.78 is 40.1. The molecule has 1 aromatic rings. The average Bonchev–Trinajstić information content (AvgIpc) is 2.58. The Kier molecular flexibility index (Phi) is 9.49. The normalized spacial score (nSPS) is 19.1. The minimum absolute atomic E-state index is 0.441. The van der Waals surface area contributed by atoms with Gasteiger partial charge in [-0.2, -0.15) is 4.31 Å². The number of aliphatic hydroxyl groups excluding tert-OH is 1. The maximum absolute atomic E-state index is 11.9. The number of methoxy groups -OCH3 is 1. The van der Waals surface area contributed by atoms with Crippen LogP contribution >= 0.6 is 22.8 Å². The highest BCUT2D eigenvalue weighted by atomic mass is 32.4. The standard InChI is InChI=1S/C11H17N2O13P3S/c1-3-11(17,13-5-4-8(14)12-10(13)16)9(15)7(23-2)6-24-27(30)25-29(21,22)26-28(18,19)20/h1,4-5,7,9,15,17,27H,6H2,2H3,(H,21,22)(H,12,14,16)(H2,18,19,20)/t7-,9-,11-/m1/s1. The Balaban J connectivity index is 2.95. The Bertz CT molecular complexity index is 1030. The summed E-state index contributed by atoms with van der Waals surface area (Å²) in [6.45, 7) is -0.715. The second-order valence-corrected chi connectivity index (χ2v) is 10.4. The summed E-state index contributed by atoms with van der Waals surface area (Å²) in [6.07, 6.45) is 2.49. The first kappa shape index (κ1) is 27.0. The Morgan fingerprint density at radius 1 is 1.40 bits per heavy atom. The van der Waals surface area contributed by atoms with Crippen LogP contribution in [0.2, 0.25) is 0 Å². The fraction of sp³-hybridized carbons (Fsp3) is 0.455. The highest BCUT2D eigenvalue weighted by Gasteiger charge is 2.43. The Morgan fingerprint density at radius 3 is 2.47 bits per heavy atom. The number of aromatic nitrogens is 2. The zero-order valence-corrected chi connectivity index (χ0v) is 18.5. The van der Waals surface area contributed by atoms with E-state index in [2.05, 4.69) is 20.4 Å². The van der Waals surface area contributed by atoms with Crippen LogP contribution in [0.3, 0.4) is 0 Å². The summed E-state index contributed by atoms with van der Waals surface area (Å²) in [5.74, 6) is 1.79. The molecule has 1 rings (SSSR count). The van der Waals surface area contributed by atoms with Crippen LogP contribution in [0.25, 0.3) is 0 Å². The van der Waals surface area contributed by atoms with Crippen molar-refractivity contribution in [1.82, 2.24) is 9.55 Å². The molecule has 0 saturated carbocycles. The quantitative estimate of drug-likeness (QED) is 0.139. The van der Waals surface area contributed by atoms with Crippen molar-refractivity contribution in [2.45, 2.75) is 17.9 Å². The van der Waals surface area contributed by atoms with E-state index in [4.69, 9.17) is 25.5 Å². The molecular weight excluding hydrogens is 493 g/mol. The van der Waals surface area contributed by atoms with E-state index in [1.165, 1.54) is 0 Å². The van der Waals surface area contributed by atoms with Gasteiger partial charge in [-0.25, -0.2) is 18.2 Å². The molecule has 0 fully saturated rings. The fourth-order valence-electron chi connectivity index (χ4n) is 1.95. The Hall–Kier alpha value is -1.01. The lowest BCUT2D eigenvalue weighted by molar-refractivity contribution is -0.153. The smallest absolute Gasteiger partial charge is 0.384 e. The third-order valence-electron chi connectivity index (χ3n) is 3.24. The van der Waals surface area contributed by atoms with Crippen LogP contribution in [-0.4, -0.2) is 60.4 Å². The average molecular weight is 510 g/mol. The van der Waals surface area contributed by atoms with E-state index in [1.807, 2.05) is 4.98 Å². The van der Waals surface area contributed by atoms with E-state index in [0.717, 1.165) is 19.4 Å². The molecule has 6 N–H and O–H groups in total. The van der Waals surface area contributed by atoms with Crippen LogP contribution in [0.5, 0.6) is 0 Å². The Labute approximate surface area is 173 Å². The number of aromatic amines is 1. The lowest BCUT2D eigenvalue weighted by Gasteiger charge is -2.33. The maximum Gasteiger partial charge on any atom is 0.486 e. The molecule has 30 heavy (non-hydrogen) atoms. The molecule has 0 aliphatic rings.